The number of allylic oxidation sites excluding steroid dienone is 1. The molecular formula is C15H26O2. The molecule has 0 aliphatic rings. The zero-order valence-corrected chi connectivity index (χ0v) is 11.3. The molecule has 0 aromatic heterocycles. The van der Waals surface area contributed by atoms with Crippen LogP contribution in [0.2, 0.25) is 0 Å². The molecule has 2 heteroatoms. The number of ether oxygens (including phenoxy) is 1. The van der Waals surface area contributed by atoms with Gasteiger partial charge in [0.05, 0.1) is 0 Å². The van der Waals surface area contributed by atoms with Gasteiger partial charge in [0.1, 0.15) is 6.61 Å². The van der Waals surface area contributed by atoms with Gasteiger partial charge in [-0.15, -0.1) is 0 Å². The molecular weight excluding hydrogens is 212 g/mol. The van der Waals surface area contributed by atoms with Crippen LogP contribution < -0.4 is 0 Å². The monoisotopic (exact) mass is 238 g/mol. The molecule has 0 N–H and O–H groups in total. The van der Waals surface area contributed by atoms with Gasteiger partial charge in [0.25, 0.3) is 0 Å². The first-order valence-corrected chi connectivity index (χ1v) is 6.67. The standard InChI is InChI=1S/C15H26O2/c1-4-6-7-8-9-10-11-12-14(3)15(16)17-13-5-2/h5,12H,2,4,6-11,13H2,1,3H3. The number of unbranched alkanes of at least 4 members (excludes halogenated alkanes) is 6. The third-order valence-corrected chi connectivity index (χ3v) is 2.66. The molecule has 17 heavy (non-hydrogen) atoms. The van der Waals surface area contributed by atoms with Crippen molar-refractivity contribution in [1.29, 1.82) is 0 Å². The van der Waals surface area contributed by atoms with Crippen LogP contribution in [0.3, 0.4) is 0 Å². The molecule has 2 nitrogen and oxygen atoms in total. The molecule has 0 saturated carbocycles. The third kappa shape index (κ3) is 9.86. The lowest BCUT2D eigenvalue weighted by molar-refractivity contribution is -0.137. The molecule has 0 aliphatic heterocycles. The normalized spacial score (nSPS) is 11.3. The maximum atomic E-state index is 11.4. The molecule has 0 atom stereocenters. The summed E-state index contributed by atoms with van der Waals surface area (Å²) in [6.45, 7) is 7.83. The van der Waals surface area contributed by atoms with E-state index < -0.39 is 0 Å². The van der Waals surface area contributed by atoms with Gasteiger partial charge in [-0.25, -0.2) is 4.79 Å². The van der Waals surface area contributed by atoms with Crippen molar-refractivity contribution in [3.05, 3.63) is 24.3 Å². The van der Waals surface area contributed by atoms with Crippen molar-refractivity contribution in [2.45, 2.75) is 58.8 Å². The summed E-state index contributed by atoms with van der Waals surface area (Å²) in [5.41, 5.74) is 0.709. The summed E-state index contributed by atoms with van der Waals surface area (Å²) in [4.78, 5) is 11.4. The Morgan fingerprint density at radius 2 is 1.82 bits per heavy atom. The van der Waals surface area contributed by atoms with Crippen molar-refractivity contribution >= 4 is 5.97 Å². The van der Waals surface area contributed by atoms with E-state index in [1.54, 1.807) is 6.08 Å². The zero-order valence-electron chi connectivity index (χ0n) is 11.3. The van der Waals surface area contributed by atoms with Gasteiger partial charge in [-0.1, -0.05) is 57.8 Å². The maximum absolute atomic E-state index is 11.4. The quantitative estimate of drug-likeness (QED) is 0.244. The fourth-order valence-corrected chi connectivity index (χ4v) is 1.58. The van der Waals surface area contributed by atoms with Gasteiger partial charge in [0.15, 0.2) is 0 Å². The SMILES string of the molecule is C=CCOC(=O)C(C)=CCCCCCCCC. The predicted octanol–water partition coefficient (Wildman–Crippen LogP) is 4.41. The number of rotatable bonds is 10. The summed E-state index contributed by atoms with van der Waals surface area (Å²) in [7, 11) is 0. The highest BCUT2D eigenvalue weighted by molar-refractivity contribution is 5.87. The van der Waals surface area contributed by atoms with Crippen molar-refractivity contribution in [2.75, 3.05) is 6.61 Å². The molecule has 0 spiro atoms. The molecule has 0 rings (SSSR count). The van der Waals surface area contributed by atoms with Crippen LogP contribution in [-0.4, -0.2) is 12.6 Å². The Labute approximate surface area is 106 Å². The van der Waals surface area contributed by atoms with Gasteiger partial charge in [0.2, 0.25) is 0 Å². The number of carbonyl (C=O) groups excluding carboxylic acids is 1. The maximum Gasteiger partial charge on any atom is 0.333 e. The second-order valence-electron chi connectivity index (χ2n) is 4.33. The Bertz CT molecular complexity index is 241. The molecule has 0 saturated heterocycles. The number of hydrogen-bond donors (Lipinski definition) is 0. The predicted molar refractivity (Wildman–Crippen MR) is 72.9 cm³/mol. The number of carbonyl (C=O) groups is 1. The summed E-state index contributed by atoms with van der Waals surface area (Å²) in [6, 6.07) is 0. The van der Waals surface area contributed by atoms with E-state index in [4.69, 9.17) is 4.74 Å². The van der Waals surface area contributed by atoms with Gasteiger partial charge in [-0.3, -0.25) is 0 Å². The van der Waals surface area contributed by atoms with Gasteiger partial charge in [-0.05, 0) is 19.8 Å². The number of esters is 1. The van der Waals surface area contributed by atoms with Crippen molar-refractivity contribution in [1.82, 2.24) is 0 Å². The molecule has 0 bridgehead atoms. The summed E-state index contributed by atoms with van der Waals surface area (Å²) < 4.78 is 4.94. The number of hydrogen-bond acceptors (Lipinski definition) is 2. The topological polar surface area (TPSA) is 26.3 Å². The van der Waals surface area contributed by atoms with E-state index in [1.807, 2.05) is 13.0 Å². The second kappa shape index (κ2) is 11.4. The minimum Gasteiger partial charge on any atom is -0.458 e. The molecule has 0 aromatic carbocycles. The highest BCUT2D eigenvalue weighted by Gasteiger charge is 2.03. The van der Waals surface area contributed by atoms with Crippen LogP contribution >= 0.6 is 0 Å². The van der Waals surface area contributed by atoms with E-state index in [-0.39, 0.29) is 5.97 Å². The highest BCUT2D eigenvalue weighted by Crippen LogP contribution is 2.08. The van der Waals surface area contributed by atoms with Gasteiger partial charge < -0.3 is 4.74 Å². The summed E-state index contributed by atoms with van der Waals surface area (Å²) in [5.74, 6) is -0.226. The van der Waals surface area contributed by atoms with Crippen molar-refractivity contribution in [2.24, 2.45) is 0 Å². The summed E-state index contributed by atoms with van der Waals surface area (Å²) >= 11 is 0. The Morgan fingerprint density at radius 3 is 2.47 bits per heavy atom. The molecule has 0 aliphatic carbocycles. The zero-order chi connectivity index (χ0) is 12.9. The Hall–Kier alpha value is -1.05. The largest absolute Gasteiger partial charge is 0.458 e. The van der Waals surface area contributed by atoms with E-state index in [1.165, 1.54) is 32.1 Å². The minimum absolute atomic E-state index is 0.226. The Kier molecular flexibility index (Phi) is 10.7. The molecule has 0 heterocycles. The van der Waals surface area contributed by atoms with E-state index >= 15 is 0 Å². The van der Waals surface area contributed by atoms with Crippen molar-refractivity contribution in [3.63, 3.8) is 0 Å². The average Bonchev–Trinajstić information content (AvgIpc) is 2.34. The fraction of sp³-hybridized carbons (Fsp3) is 0.667. The van der Waals surface area contributed by atoms with Crippen LogP contribution in [0, 0.1) is 0 Å². The second-order valence-corrected chi connectivity index (χ2v) is 4.33. The molecule has 0 radical (unpaired) electrons. The summed E-state index contributed by atoms with van der Waals surface area (Å²) in [6.07, 6.45) is 12.2. The lowest BCUT2D eigenvalue weighted by Crippen LogP contribution is -2.05. The summed E-state index contributed by atoms with van der Waals surface area (Å²) in [5, 5.41) is 0. The van der Waals surface area contributed by atoms with Crippen LogP contribution in [-0.2, 0) is 9.53 Å². The first-order chi connectivity index (χ1) is 8.22. The molecule has 98 valence electrons. The lowest BCUT2D eigenvalue weighted by atomic mass is 10.1. The smallest absolute Gasteiger partial charge is 0.333 e. The molecule has 0 aromatic rings. The molecule has 0 fully saturated rings. The molecule has 0 unspecified atom stereocenters. The van der Waals surface area contributed by atoms with Crippen LogP contribution in [0.5, 0.6) is 0 Å². The minimum atomic E-state index is -0.226. The third-order valence-electron chi connectivity index (χ3n) is 2.66. The molecule has 0 amide bonds. The lowest BCUT2D eigenvalue weighted by Gasteiger charge is -2.02. The van der Waals surface area contributed by atoms with Gasteiger partial charge in [-0.2, -0.15) is 0 Å². The average molecular weight is 238 g/mol. The van der Waals surface area contributed by atoms with E-state index in [0.717, 1.165) is 12.8 Å². The van der Waals surface area contributed by atoms with Crippen LogP contribution in [0.4, 0.5) is 0 Å². The van der Waals surface area contributed by atoms with Crippen molar-refractivity contribution < 1.29 is 9.53 Å². The van der Waals surface area contributed by atoms with Crippen LogP contribution in [0.1, 0.15) is 58.8 Å². The van der Waals surface area contributed by atoms with Gasteiger partial charge >= 0.3 is 5.97 Å². The highest BCUT2D eigenvalue weighted by atomic mass is 16.5. The van der Waals surface area contributed by atoms with Crippen LogP contribution in [0.15, 0.2) is 24.3 Å². The Morgan fingerprint density at radius 1 is 1.18 bits per heavy atom. The van der Waals surface area contributed by atoms with E-state index in [9.17, 15) is 4.79 Å². The van der Waals surface area contributed by atoms with E-state index in [0.29, 0.717) is 12.2 Å². The fourth-order valence-electron chi connectivity index (χ4n) is 1.58. The van der Waals surface area contributed by atoms with E-state index in [2.05, 4.69) is 13.5 Å². The van der Waals surface area contributed by atoms with Crippen molar-refractivity contribution in [3.8, 4) is 0 Å². The first kappa shape index (κ1) is 16.0. The Balaban J connectivity index is 3.55. The van der Waals surface area contributed by atoms with Crippen LogP contribution in [0.25, 0.3) is 0 Å². The van der Waals surface area contributed by atoms with Gasteiger partial charge in [0, 0.05) is 5.57 Å². The first-order valence-electron chi connectivity index (χ1n) is 6.67.